The van der Waals surface area contributed by atoms with Gasteiger partial charge in [0, 0.05) is 12.3 Å². The Hall–Kier alpha value is -0.590. The van der Waals surface area contributed by atoms with Crippen LogP contribution in [-0.4, -0.2) is 5.78 Å². The molecule has 1 nitrogen and oxygen atoms in total. The smallest absolute Gasteiger partial charge is 0.137 e. The van der Waals surface area contributed by atoms with Crippen LogP contribution in [0.2, 0.25) is 0 Å². The zero-order valence-corrected chi connectivity index (χ0v) is 8.05. The van der Waals surface area contributed by atoms with Crippen molar-refractivity contribution in [1.29, 1.82) is 0 Å². The Balaban J connectivity index is 2.33. The van der Waals surface area contributed by atoms with Crippen molar-refractivity contribution in [2.45, 2.75) is 33.6 Å². The molecule has 2 unspecified atom stereocenters. The second-order valence-corrected chi connectivity index (χ2v) is 4.55. The van der Waals surface area contributed by atoms with E-state index in [0.29, 0.717) is 17.6 Å². The molecule has 2 aliphatic carbocycles. The second-order valence-electron chi connectivity index (χ2n) is 4.55. The Morgan fingerprint density at radius 1 is 1.50 bits per heavy atom. The van der Waals surface area contributed by atoms with Crippen molar-refractivity contribution in [3.05, 3.63) is 11.6 Å². The van der Waals surface area contributed by atoms with Gasteiger partial charge in [-0.1, -0.05) is 25.5 Å². The van der Waals surface area contributed by atoms with Gasteiger partial charge in [-0.05, 0) is 24.7 Å². The van der Waals surface area contributed by atoms with Crippen LogP contribution in [-0.2, 0) is 4.79 Å². The zero-order chi connectivity index (χ0) is 8.93. The van der Waals surface area contributed by atoms with E-state index in [-0.39, 0.29) is 5.41 Å². The first kappa shape index (κ1) is 8.03. The molecular weight excluding hydrogens is 148 g/mol. The van der Waals surface area contributed by atoms with E-state index in [9.17, 15) is 4.79 Å². The summed E-state index contributed by atoms with van der Waals surface area (Å²) < 4.78 is 0. The van der Waals surface area contributed by atoms with E-state index in [1.807, 2.05) is 0 Å². The molecule has 2 atom stereocenters. The maximum absolute atomic E-state index is 11.5. The molecule has 2 aliphatic rings. The highest BCUT2D eigenvalue weighted by Gasteiger charge is 2.57. The van der Waals surface area contributed by atoms with Crippen LogP contribution in [0.15, 0.2) is 11.6 Å². The summed E-state index contributed by atoms with van der Waals surface area (Å²) in [5, 5.41) is 0. The summed E-state index contributed by atoms with van der Waals surface area (Å²) >= 11 is 0. The van der Waals surface area contributed by atoms with Crippen LogP contribution in [0.4, 0.5) is 0 Å². The van der Waals surface area contributed by atoms with Gasteiger partial charge in [-0.3, -0.25) is 4.79 Å². The molecule has 0 N–H and O–H groups in total. The van der Waals surface area contributed by atoms with Crippen molar-refractivity contribution in [2.24, 2.45) is 17.3 Å². The van der Waals surface area contributed by atoms with Crippen LogP contribution < -0.4 is 0 Å². The van der Waals surface area contributed by atoms with Crippen molar-refractivity contribution in [2.75, 3.05) is 0 Å². The van der Waals surface area contributed by atoms with Crippen LogP contribution >= 0.6 is 0 Å². The SMILES string of the molecule is C/C=C1/C2CCC(=O)C2C1(C)C. The highest BCUT2D eigenvalue weighted by molar-refractivity contribution is 5.87. The first-order valence-corrected chi connectivity index (χ1v) is 4.78. The Morgan fingerprint density at radius 2 is 2.17 bits per heavy atom. The molecule has 2 fully saturated rings. The van der Waals surface area contributed by atoms with E-state index >= 15 is 0 Å². The number of allylic oxidation sites excluding steroid dienone is 2. The van der Waals surface area contributed by atoms with E-state index in [1.165, 1.54) is 5.57 Å². The fourth-order valence-corrected chi connectivity index (χ4v) is 3.23. The molecule has 0 aromatic rings. The van der Waals surface area contributed by atoms with Gasteiger partial charge in [0.25, 0.3) is 0 Å². The summed E-state index contributed by atoms with van der Waals surface area (Å²) in [6.07, 6.45) is 4.13. The molecule has 2 saturated carbocycles. The number of Topliss-reactive ketones (excluding diaryl/α,β-unsaturated/α-hetero) is 1. The molecule has 12 heavy (non-hydrogen) atoms. The van der Waals surface area contributed by atoms with Gasteiger partial charge in [0.15, 0.2) is 0 Å². The highest BCUT2D eigenvalue weighted by Crippen LogP contribution is 2.60. The molecule has 2 rings (SSSR count). The lowest BCUT2D eigenvalue weighted by Gasteiger charge is -2.50. The van der Waals surface area contributed by atoms with E-state index in [1.54, 1.807) is 0 Å². The molecule has 0 aromatic carbocycles. The van der Waals surface area contributed by atoms with Gasteiger partial charge in [0.2, 0.25) is 0 Å². The molecule has 0 bridgehead atoms. The normalized spacial score (nSPS) is 41.2. The predicted molar refractivity (Wildman–Crippen MR) is 48.8 cm³/mol. The molecule has 0 saturated heterocycles. The van der Waals surface area contributed by atoms with Gasteiger partial charge in [0.1, 0.15) is 5.78 Å². The van der Waals surface area contributed by atoms with Gasteiger partial charge in [-0.2, -0.15) is 0 Å². The quantitative estimate of drug-likeness (QED) is 0.503. The van der Waals surface area contributed by atoms with Gasteiger partial charge in [-0.25, -0.2) is 0 Å². The lowest BCUT2D eigenvalue weighted by atomic mass is 9.53. The van der Waals surface area contributed by atoms with Crippen LogP contribution in [0, 0.1) is 17.3 Å². The minimum Gasteiger partial charge on any atom is -0.299 e. The Labute approximate surface area is 73.8 Å². The van der Waals surface area contributed by atoms with E-state index in [2.05, 4.69) is 26.8 Å². The summed E-state index contributed by atoms with van der Waals surface area (Å²) in [6, 6.07) is 0. The predicted octanol–water partition coefficient (Wildman–Crippen LogP) is 2.57. The van der Waals surface area contributed by atoms with Crippen LogP contribution in [0.1, 0.15) is 33.6 Å². The number of ketones is 1. The van der Waals surface area contributed by atoms with Crippen molar-refractivity contribution < 1.29 is 4.79 Å². The standard InChI is InChI=1S/C11H16O/c1-4-8-7-5-6-9(12)10(7)11(8,2)3/h4,7,10H,5-6H2,1-3H3/b8-4-. The Bertz CT molecular complexity index is 260. The number of fused-ring (bicyclic) bond motifs is 1. The monoisotopic (exact) mass is 164 g/mol. The summed E-state index contributed by atoms with van der Waals surface area (Å²) in [6.45, 7) is 6.50. The van der Waals surface area contributed by atoms with Crippen molar-refractivity contribution >= 4 is 5.78 Å². The van der Waals surface area contributed by atoms with Crippen LogP contribution in [0.5, 0.6) is 0 Å². The number of hydrogen-bond acceptors (Lipinski definition) is 1. The fourth-order valence-electron chi connectivity index (χ4n) is 3.23. The summed E-state index contributed by atoms with van der Waals surface area (Å²) in [7, 11) is 0. The van der Waals surface area contributed by atoms with Gasteiger partial charge >= 0.3 is 0 Å². The number of rotatable bonds is 0. The van der Waals surface area contributed by atoms with E-state index in [4.69, 9.17) is 0 Å². The van der Waals surface area contributed by atoms with Gasteiger partial charge in [-0.15, -0.1) is 0 Å². The third-order valence-electron chi connectivity index (χ3n) is 3.68. The summed E-state index contributed by atoms with van der Waals surface area (Å²) in [4.78, 5) is 11.5. The third-order valence-corrected chi connectivity index (χ3v) is 3.68. The minimum atomic E-state index is 0.174. The number of hydrogen-bond donors (Lipinski definition) is 0. The second kappa shape index (κ2) is 2.21. The lowest BCUT2D eigenvalue weighted by Crippen LogP contribution is -2.46. The van der Waals surface area contributed by atoms with Crippen molar-refractivity contribution in [1.82, 2.24) is 0 Å². The van der Waals surface area contributed by atoms with Crippen molar-refractivity contribution in [3.8, 4) is 0 Å². The average Bonchev–Trinajstić information content (AvgIpc) is 2.29. The lowest BCUT2D eigenvalue weighted by molar-refractivity contribution is -0.126. The van der Waals surface area contributed by atoms with Crippen LogP contribution in [0.25, 0.3) is 0 Å². The largest absolute Gasteiger partial charge is 0.299 e. The molecule has 0 radical (unpaired) electrons. The third kappa shape index (κ3) is 0.720. The number of carbonyl (C=O) groups is 1. The Morgan fingerprint density at radius 3 is 2.75 bits per heavy atom. The van der Waals surface area contributed by atoms with E-state index in [0.717, 1.165) is 12.8 Å². The topological polar surface area (TPSA) is 17.1 Å². The minimum absolute atomic E-state index is 0.174. The molecule has 0 heterocycles. The average molecular weight is 164 g/mol. The molecule has 0 aliphatic heterocycles. The van der Waals surface area contributed by atoms with Crippen molar-refractivity contribution in [3.63, 3.8) is 0 Å². The molecular formula is C11H16O. The molecule has 0 spiro atoms. The molecule has 66 valence electrons. The molecule has 1 heteroatoms. The van der Waals surface area contributed by atoms with Crippen LogP contribution in [0.3, 0.4) is 0 Å². The van der Waals surface area contributed by atoms with Gasteiger partial charge in [0.05, 0.1) is 0 Å². The Kier molecular flexibility index (Phi) is 1.48. The van der Waals surface area contributed by atoms with Gasteiger partial charge < -0.3 is 0 Å². The highest BCUT2D eigenvalue weighted by atomic mass is 16.1. The summed E-state index contributed by atoms with van der Waals surface area (Å²) in [5.74, 6) is 1.46. The fraction of sp³-hybridized carbons (Fsp3) is 0.727. The first-order chi connectivity index (χ1) is 5.59. The molecule has 0 aromatic heterocycles. The zero-order valence-electron chi connectivity index (χ0n) is 8.05. The maximum Gasteiger partial charge on any atom is 0.137 e. The molecule has 0 amide bonds. The summed E-state index contributed by atoms with van der Waals surface area (Å²) in [5.41, 5.74) is 1.69. The van der Waals surface area contributed by atoms with E-state index < -0.39 is 0 Å². The first-order valence-electron chi connectivity index (χ1n) is 4.78. The maximum atomic E-state index is 11.5. The number of carbonyl (C=O) groups excluding carboxylic acids is 1.